The van der Waals surface area contributed by atoms with Gasteiger partial charge in [-0.1, -0.05) is 11.3 Å². The number of benzene rings is 1. The third-order valence-electron chi connectivity index (χ3n) is 2.85. The number of anilines is 2. The summed E-state index contributed by atoms with van der Waals surface area (Å²) < 4.78 is 28.6. The first-order valence-corrected chi connectivity index (χ1v) is 7.94. The lowest BCUT2D eigenvalue weighted by atomic mass is 10.1. The molecule has 20 heavy (non-hydrogen) atoms. The average Bonchev–Trinajstić information content (AvgIpc) is 2.66. The SMILES string of the molecule is Cc1cc(C)c(NS(=O)(=O)c2c(Br)nnn2C)cc1N. The fourth-order valence-corrected chi connectivity index (χ4v) is 4.00. The lowest BCUT2D eigenvalue weighted by Gasteiger charge is -2.12. The molecule has 0 amide bonds. The fourth-order valence-electron chi connectivity index (χ4n) is 1.78. The zero-order chi connectivity index (χ0) is 15.1. The smallest absolute Gasteiger partial charge is 0.281 e. The molecule has 0 saturated heterocycles. The summed E-state index contributed by atoms with van der Waals surface area (Å²) >= 11 is 3.07. The van der Waals surface area contributed by atoms with E-state index < -0.39 is 10.0 Å². The van der Waals surface area contributed by atoms with E-state index in [4.69, 9.17) is 5.73 Å². The highest BCUT2D eigenvalue weighted by Crippen LogP contribution is 2.26. The molecule has 0 fully saturated rings. The van der Waals surface area contributed by atoms with Gasteiger partial charge in [-0.2, -0.15) is 8.42 Å². The molecule has 1 heterocycles. The molecule has 0 spiro atoms. The molecule has 0 aliphatic heterocycles. The molecule has 0 aliphatic rings. The molecule has 0 atom stereocenters. The Labute approximate surface area is 125 Å². The molecule has 0 bridgehead atoms. The van der Waals surface area contributed by atoms with Crippen molar-refractivity contribution in [3.8, 4) is 0 Å². The molecule has 0 radical (unpaired) electrons. The largest absolute Gasteiger partial charge is 0.398 e. The van der Waals surface area contributed by atoms with E-state index in [0.717, 1.165) is 11.1 Å². The quantitative estimate of drug-likeness (QED) is 0.809. The van der Waals surface area contributed by atoms with Gasteiger partial charge in [0.05, 0.1) is 5.69 Å². The van der Waals surface area contributed by atoms with Crippen molar-refractivity contribution in [2.24, 2.45) is 7.05 Å². The van der Waals surface area contributed by atoms with Crippen molar-refractivity contribution in [2.45, 2.75) is 18.9 Å². The lowest BCUT2D eigenvalue weighted by molar-refractivity contribution is 0.578. The zero-order valence-electron chi connectivity index (χ0n) is 11.2. The van der Waals surface area contributed by atoms with E-state index >= 15 is 0 Å². The summed E-state index contributed by atoms with van der Waals surface area (Å²) in [5, 5.41) is 7.27. The second kappa shape index (κ2) is 5.06. The highest BCUT2D eigenvalue weighted by atomic mass is 79.9. The van der Waals surface area contributed by atoms with Crippen LogP contribution in [0.4, 0.5) is 11.4 Å². The predicted molar refractivity (Wildman–Crippen MR) is 79.8 cm³/mol. The van der Waals surface area contributed by atoms with Gasteiger partial charge in [-0.3, -0.25) is 4.72 Å². The van der Waals surface area contributed by atoms with Gasteiger partial charge in [0.2, 0.25) is 5.03 Å². The number of hydrogen-bond donors (Lipinski definition) is 2. The molecule has 0 saturated carbocycles. The summed E-state index contributed by atoms with van der Waals surface area (Å²) in [5.41, 5.74) is 8.45. The first-order valence-electron chi connectivity index (χ1n) is 5.67. The topological polar surface area (TPSA) is 103 Å². The van der Waals surface area contributed by atoms with E-state index in [2.05, 4.69) is 31.0 Å². The number of halogens is 1. The molecule has 2 aromatic rings. The van der Waals surface area contributed by atoms with Crippen molar-refractivity contribution in [1.29, 1.82) is 0 Å². The molecule has 0 unspecified atom stereocenters. The highest BCUT2D eigenvalue weighted by Gasteiger charge is 2.24. The molecular formula is C11H14BrN5O2S. The minimum atomic E-state index is -3.80. The summed E-state index contributed by atoms with van der Waals surface area (Å²) in [6, 6.07) is 3.42. The normalized spacial score (nSPS) is 11.6. The zero-order valence-corrected chi connectivity index (χ0v) is 13.6. The maximum atomic E-state index is 12.4. The molecule has 1 aromatic carbocycles. The average molecular weight is 360 g/mol. The predicted octanol–water partition coefficient (Wildman–Crippen LogP) is 1.58. The van der Waals surface area contributed by atoms with E-state index in [1.54, 1.807) is 13.0 Å². The number of nitrogens with two attached hydrogens (primary N) is 1. The fraction of sp³-hybridized carbons (Fsp3) is 0.273. The molecule has 7 nitrogen and oxygen atoms in total. The van der Waals surface area contributed by atoms with Crippen molar-refractivity contribution in [3.63, 3.8) is 0 Å². The summed E-state index contributed by atoms with van der Waals surface area (Å²) in [6.45, 7) is 3.67. The molecule has 3 N–H and O–H groups in total. The minimum absolute atomic E-state index is 0.0453. The van der Waals surface area contributed by atoms with Crippen LogP contribution in [0.3, 0.4) is 0 Å². The number of nitrogen functional groups attached to an aromatic ring is 1. The van der Waals surface area contributed by atoms with Gasteiger partial charge in [-0.15, -0.1) is 5.10 Å². The van der Waals surface area contributed by atoms with E-state index in [1.807, 2.05) is 13.0 Å². The highest BCUT2D eigenvalue weighted by molar-refractivity contribution is 9.10. The van der Waals surface area contributed by atoms with Crippen LogP contribution in [0.5, 0.6) is 0 Å². The van der Waals surface area contributed by atoms with Gasteiger partial charge in [0.1, 0.15) is 0 Å². The van der Waals surface area contributed by atoms with Gasteiger partial charge < -0.3 is 5.73 Å². The van der Waals surface area contributed by atoms with Gasteiger partial charge in [-0.05, 0) is 47.0 Å². The third-order valence-corrected chi connectivity index (χ3v) is 5.10. The Kier molecular flexibility index (Phi) is 3.74. The standard InChI is InChI=1S/C11H14BrN5O2S/c1-6-4-7(2)9(5-8(6)13)15-20(18,19)11-10(12)14-16-17(11)3/h4-5,15H,13H2,1-3H3. The molecular weight excluding hydrogens is 346 g/mol. The van der Waals surface area contributed by atoms with Gasteiger partial charge >= 0.3 is 0 Å². The number of aryl methyl sites for hydroxylation is 3. The van der Waals surface area contributed by atoms with Crippen molar-refractivity contribution in [2.75, 3.05) is 10.5 Å². The maximum absolute atomic E-state index is 12.4. The summed E-state index contributed by atoms with van der Waals surface area (Å²) in [5.74, 6) is 0. The number of nitrogens with one attached hydrogen (secondary N) is 1. The lowest BCUT2D eigenvalue weighted by Crippen LogP contribution is -2.18. The van der Waals surface area contributed by atoms with Crippen LogP contribution in [0.15, 0.2) is 21.8 Å². The van der Waals surface area contributed by atoms with Crippen LogP contribution in [0.25, 0.3) is 0 Å². The molecule has 108 valence electrons. The van der Waals surface area contributed by atoms with E-state index in [-0.39, 0.29) is 9.63 Å². The van der Waals surface area contributed by atoms with E-state index in [0.29, 0.717) is 11.4 Å². The summed E-state index contributed by atoms with van der Waals surface area (Å²) in [6.07, 6.45) is 0. The Morgan fingerprint density at radius 1 is 1.30 bits per heavy atom. The summed E-state index contributed by atoms with van der Waals surface area (Å²) in [7, 11) is -2.30. The monoisotopic (exact) mass is 359 g/mol. The first-order chi connectivity index (χ1) is 9.22. The number of aromatic nitrogens is 3. The number of rotatable bonds is 3. The second-order valence-electron chi connectivity index (χ2n) is 4.44. The van der Waals surface area contributed by atoms with E-state index in [1.165, 1.54) is 11.7 Å². The molecule has 9 heteroatoms. The van der Waals surface area contributed by atoms with Crippen LogP contribution in [-0.2, 0) is 17.1 Å². The Morgan fingerprint density at radius 2 is 1.95 bits per heavy atom. The van der Waals surface area contributed by atoms with Crippen LogP contribution >= 0.6 is 15.9 Å². The van der Waals surface area contributed by atoms with Crippen LogP contribution in [0, 0.1) is 13.8 Å². The number of sulfonamides is 1. The first kappa shape index (κ1) is 14.8. The molecule has 0 aliphatic carbocycles. The molecule has 2 rings (SSSR count). The number of nitrogens with zero attached hydrogens (tertiary/aromatic N) is 3. The van der Waals surface area contributed by atoms with Crippen molar-refractivity contribution in [1.82, 2.24) is 15.0 Å². The maximum Gasteiger partial charge on any atom is 0.281 e. The Balaban J connectivity index is 2.47. The van der Waals surface area contributed by atoms with Crippen LogP contribution in [-0.4, -0.2) is 23.4 Å². The Morgan fingerprint density at radius 3 is 2.50 bits per heavy atom. The third kappa shape index (κ3) is 2.63. The van der Waals surface area contributed by atoms with Gasteiger partial charge in [0, 0.05) is 12.7 Å². The van der Waals surface area contributed by atoms with Crippen LogP contribution in [0.1, 0.15) is 11.1 Å². The second-order valence-corrected chi connectivity index (χ2v) is 6.79. The number of hydrogen-bond acceptors (Lipinski definition) is 5. The van der Waals surface area contributed by atoms with Crippen molar-refractivity contribution in [3.05, 3.63) is 27.9 Å². The van der Waals surface area contributed by atoms with E-state index in [9.17, 15) is 8.42 Å². The van der Waals surface area contributed by atoms with Gasteiger partial charge in [-0.25, -0.2) is 4.68 Å². The van der Waals surface area contributed by atoms with Crippen molar-refractivity contribution >= 4 is 37.3 Å². The summed E-state index contributed by atoms with van der Waals surface area (Å²) in [4.78, 5) is 0. The van der Waals surface area contributed by atoms with Crippen LogP contribution in [0.2, 0.25) is 0 Å². The van der Waals surface area contributed by atoms with Gasteiger partial charge in [0.15, 0.2) is 4.60 Å². The molecule has 1 aromatic heterocycles. The minimum Gasteiger partial charge on any atom is -0.398 e. The van der Waals surface area contributed by atoms with Crippen molar-refractivity contribution < 1.29 is 8.42 Å². The van der Waals surface area contributed by atoms with Gasteiger partial charge in [0.25, 0.3) is 10.0 Å². The van der Waals surface area contributed by atoms with Crippen LogP contribution < -0.4 is 10.5 Å². The Bertz CT molecular complexity index is 750. The Hall–Kier alpha value is -1.61.